The van der Waals surface area contributed by atoms with Crippen molar-refractivity contribution in [3.05, 3.63) is 35.9 Å². The first-order valence-electron chi connectivity index (χ1n) is 5.87. The third-order valence-corrected chi connectivity index (χ3v) is 3.40. The minimum Gasteiger partial charge on any atom is -0.445 e. The van der Waals surface area contributed by atoms with Crippen LogP contribution in [0.3, 0.4) is 0 Å². The lowest BCUT2D eigenvalue weighted by Crippen LogP contribution is -2.71. The molecule has 1 saturated heterocycles. The summed E-state index contributed by atoms with van der Waals surface area (Å²) in [5, 5.41) is 18.8. The standard InChI is InChI=1S/C13H17NO4/c1-10-13(17,9-15)8-14(10)12(16)18-7-11-5-3-2-4-6-11/h2-6,10,15,17H,7-9H2,1H3. The van der Waals surface area contributed by atoms with Gasteiger partial charge in [-0.25, -0.2) is 4.79 Å². The van der Waals surface area contributed by atoms with Gasteiger partial charge in [-0.05, 0) is 12.5 Å². The molecule has 1 amide bonds. The highest BCUT2D eigenvalue weighted by Gasteiger charge is 2.51. The molecule has 5 heteroatoms. The van der Waals surface area contributed by atoms with E-state index in [0.717, 1.165) is 5.56 Å². The van der Waals surface area contributed by atoms with Crippen LogP contribution >= 0.6 is 0 Å². The molecule has 0 spiro atoms. The molecule has 1 aliphatic rings. The van der Waals surface area contributed by atoms with E-state index in [9.17, 15) is 9.90 Å². The van der Waals surface area contributed by atoms with Gasteiger partial charge >= 0.3 is 6.09 Å². The van der Waals surface area contributed by atoms with Crippen LogP contribution < -0.4 is 0 Å². The van der Waals surface area contributed by atoms with Gasteiger partial charge in [0.1, 0.15) is 12.2 Å². The highest BCUT2D eigenvalue weighted by molar-refractivity contribution is 5.70. The monoisotopic (exact) mass is 251 g/mol. The van der Waals surface area contributed by atoms with Crippen molar-refractivity contribution in [2.24, 2.45) is 0 Å². The Kier molecular flexibility index (Phi) is 3.54. The van der Waals surface area contributed by atoms with Gasteiger partial charge in [-0.3, -0.25) is 4.90 Å². The van der Waals surface area contributed by atoms with E-state index >= 15 is 0 Å². The van der Waals surface area contributed by atoms with E-state index in [2.05, 4.69) is 0 Å². The summed E-state index contributed by atoms with van der Waals surface area (Å²) in [5.74, 6) is 0. The van der Waals surface area contributed by atoms with Crippen molar-refractivity contribution in [3.63, 3.8) is 0 Å². The number of benzene rings is 1. The largest absolute Gasteiger partial charge is 0.445 e. The number of aliphatic hydroxyl groups is 2. The molecule has 0 aromatic heterocycles. The van der Waals surface area contributed by atoms with Crippen LogP contribution in [-0.4, -0.2) is 46.0 Å². The fourth-order valence-corrected chi connectivity index (χ4v) is 1.95. The highest BCUT2D eigenvalue weighted by atomic mass is 16.6. The minimum atomic E-state index is -1.19. The molecule has 5 nitrogen and oxygen atoms in total. The third kappa shape index (κ3) is 2.32. The maximum Gasteiger partial charge on any atom is 0.410 e. The van der Waals surface area contributed by atoms with Crippen LogP contribution in [0.4, 0.5) is 4.79 Å². The van der Waals surface area contributed by atoms with Gasteiger partial charge in [0.05, 0.1) is 19.2 Å². The van der Waals surface area contributed by atoms with Crippen molar-refractivity contribution in [1.29, 1.82) is 0 Å². The second-order valence-corrected chi connectivity index (χ2v) is 4.61. The highest BCUT2D eigenvalue weighted by Crippen LogP contribution is 2.29. The van der Waals surface area contributed by atoms with Crippen LogP contribution in [0, 0.1) is 0 Å². The number of carbonyl (C=O) groups excluding carboxylic acids is 1. The minimum absolute atomic E-state index is 0.109. The molecule has 1 heterocycles. The predicted octanol–water partition coefficient (Wildman–Crippen LogP) is 0.751. The van der Waals surface area contributed by atoms with Crippen molar-refractivity contribution in [1.82, 2.24) is 4.90 Å². The van der Waals surface area contributed by atoms with E-state index in [1.165, 1.54) is 4.90 Å². The molecule has 2 N–H and O–H groups in total. The van der Waals surface area contributed by atoms with Crippen molar-refractivity contribution >= 4 is 6.09 Å². The van der Waals surface area contributed by atoms with Gasteiger partial charge in [0.2, 0.25) is 0 Å². The Labute approximate surface area is 106 Å². The number of likely N-dealkylation sites (tertiary alicyclic amines) is 1. The zero-order chi connectivity index (χ0) is 13.2. The number of carbonyl (C=O) groups is 1. The second kappa shape index (κ2) is 4.96. The smallest absolute Gasteiger partial charge is 0.410 e. The topological polar surface area (TPSA) is 70.0 Å². The van der Waals surface area contributed by atoms with Crippen LogP contribution in [0.15, 0.2) is 30.3 Å². The third-order valence-electron chi connectivity index (χ3n) is 3.40. The predicted molar refractivity (Wildman–Crippen MR) is 64.8 cm³/mol. The Morgan fingerprint density at radius 3 is 2.72 bits per heavy atom. The summed E-state index contributed by atoms with van der Waals surface area (Å²) in [6, 6.07) is 8.96. The van der Waals surface area contributed by atoms with Gasteiger partial charge in [0.25, 0.3) is 0 Å². The summed E-state index contributed by atoms with van der Waals surface area (Å²) < 4.78 is 5.13. The molecule has 0 bridgehead atoms. The summed E-state index contributed by atoms with van der Waals surface area (Å²) in [7, 11) is 0. The first-order chi connectivity index (χ1) is 8.57. The van der Waals surface area contributed by atoms with E-state index in [0.29, 0.717) is 0 Å². The van der Waals surface area contributed by atoms with Gasteiger partial charge in [-0.15, -0.1) is 0 Å². The number of amides is 1. The quantitative estimate of drug-likeness (QED) is 0.831. The van der Waals surface area contributed by atoms with Crippen LogP contribution in [0.1, 0.15) is 12.5 Å². The zero-order valence-corrected chi connectivity index (χ0v) is 10.2. The van der Waals surface area contributed by atoms with Crippen molar-refractivity contribution in [3.8, 4) is 0 Å². The maximum absolute atomic E-state index is 11.7. The summed E-state index contributed by atoms with van der Waals surface area (Å²) in [6.07, 6.45) is -0.468. The van der Waals surface area contributed by atoms with Gasteiger partial charge in [-0.1, -0.05) is 30.3 Å². The number of hydrogen-bond acceptors (Lipinski definition) is 4. The Bertz CT molecular complexity index is 422. The normalized spacial score (nSPS) is 26.6. The molecular weight excluding hydrogens is 234 g/mol. The summed E-state index contributed by atoms with van der Waals surface area (Å²) >= 11 is 0. The molecule has 2 rings (SSSR count). The van der Waals surface area contributed by atoms with Crippen LogP contribution in [0.2, 0.25) is 0 Å². The molecule has 0 radical (unpaired) electrons. The van der Waals surface area contributed by atoms with Crippen molar-refractivity contribution < 1.29 is 19.7 Å². The van der Waals surface area contributed by atoms with E-state index < -0.39 is 17.7 Å². The molecule has 1 aromatic rings. The fraction of sp³-hybridized carbons (Fsp3) is 0.462. The maximum atomic E-state index is 11.7. The molecule has 1 fully saturated rings. The van der Waals surface area contributed by atoms with Crippen LogP contribution in [0.5, 0.6) is 0 Å². The molecular formula is C13H17NO4. The lowest BCUT2D eigenvalue weighted by Gasteiger charge is -2.50. The van der Waals surface area contributed by atoms with E-state index in [-0.39, 0.29) is 19.8 Å². The number of aliphatic hydroxyl groups excluding tert-OH is 1. The SMILES string of the molecule is CC1N(C(=O)OCc2ccccc2)CC1(O)CO. The Morgan fingerprint density at radius 1 is 1.50 bits per heavy atom. The molecule has 98 valence electrons. The average Bonchev–Trinajstić information content (AvgIpc) is 2.42. The molecule has 2 atom stereocenters. The molecule has 0 saturated carbocycles. The van der Waals surface area contributed by atoms with Gasteiger partial charge in [0, 0.05) is 0 Å². The van der Waals surface area contributed by atoms with Gasteiger partial charge < -0.3 is 14.9 Å². The fourth-order valence-electron chi connectivity index (χ4n) is 1.95. The molecule has 1 aromatic carbocycles. The van der Waals surface area contributed by atoms with Gasteiger partial charge in [-0.2, -0.15) is 0 Å². The number of β-amino-alcohol motifs (C(OH)–C–C–N with tert-alkyl or cyclic N) is 1. The lowest BCUT2D eigenvalue weighted by molar-refractivity contribution is -0.155. The van der Waals surface area contributed by atoms with E-state index in [1.54, 1.807) is 6.92 Å². The molecule has 0 aliphatic carbocycles. The Hall–Kier alpha value is -1.59. The molecule has 18 heavy (non-hydrogen) atoms. The van der Waals surface area contributed by atoms with Crippen molar-refractivity contribution in [2.75, 3.05) is 13.2 Å². The number of hydrogen-bond donors (Lipinski definition) is 2. The molecule has 1 aliphatic heterocycles. The number of rotatable bonds is 3. The van der Waals surface area contributed by atoms with E-state index in [4.69, 9.17) is 9.84 Å². The summed E-state index contributed by atoms with van der Waals surface area (Å²) in [5.41, 5.74) is -0.275. The number of ether oxygens (including phenoxy) is 1. The van der Waals surface area contributed by atoms with Crippen LogP contribution in [0.25, 0.3) is 0 Å². The summed E-state index contributed by atoms with van der Waals surface area (Å²) in [4.78, 5) is 13.1. The molecule has 2 unspecified atom stereocenters. The van der Waals surface area contributed by atoms with Gasteiger partial charge in [0.15, 0.2) is 0 Å². The first kappa shape index (κ1) is 12.9. The summed E-state index contributed by atoms with van der Waals surface area (Å²) in [6.45, 7) is 1.65. The lowest BCUT2D eigenvalue weighted by atomic mass is 9.86. The van der Waals surface area contributed by atoms with Crippen molar-refractivity contribution in [2.45, 2.75) is 25.2 Å². The zero-order valence-electron chi connectivity index (χ0n) is 10.2. The number of nitrogens with zero attached hydrogens (tertiary/aromatic N) is 1. The Balaban J connectivity index is 1.84. The van der Waals surface area contributed by atoms with E-state index in [1.807, 2.05) is 30.3 Å². The average molecular weight is 251 g/mol. The van der Waals surface area contributed by atoms with Crippen LogP contribution in [-0.2, 0) is 11.3 Å². The first-order valence-corrected chi connectivity index (χ1v) is 5.87. The second-order valence-electron chi connectivity index (χ2n) is 4.61. The Morgan fingerprint density at radius 2 is 2.17 bits per heavy atom.